The van der Waals surface area contributed by atoms with Crippen LogP contribution in [0.15, 0.2) is 30.6 Å². The van der Waals surface area contributed by atoms with E-state index in [4.69, 9.17) is 0 Å². The Morgan fingerprint density at radius 2 is 2.36 bits per heavy atom. The SMILES string of the molecule is C[C@@H](O)CCc1cnn2ccccc12. The smallest absolute Gasteiger partial charge is 0.0693 e. The van der Waals surface area contributed by atoms with Crippen molar-refractivity contribution >= 4 is 5.52 Å². The molecule has 0 saturated heterocycles. The lowest BCUT2D eigenvalue weighted by molar-refractivity contribution is 0.185. The summed E-state index contributed by atoms with van der Waals surface area (Å²) < 4.78 is 1.86. The average Bonchev–Trinajstić information content (AvgIpc) is 2.58. The highest BCUT2D eigenvalue weighted by molar-refractivity contribution is 5.53. The Bertz CT molecular complexity index is 420. The van der Waals surface area contributed by atoms with Gasteiger partial charge in [-0.05, 0) is 37.5 Å². The molecule has 0 fully saturated rings. The van der Waals surface area contributed by atoms with Gasteiger partial charge in [0.2, 0.25) is 0 Å². The van der Waals surface area contributed by atoms with Crippen LogP contribution in [0.3, 0.4) is 0 Å². The van der Waals surface area contributed by atoms with Gasteiger partial charge in [-0.2, -0.15) is 5.10 Å². The molecule has 0 aliphatic heterocycles. The van der Waals surface area contributed by atoms with Crippen molar-refractivity contribution in [2.45, 2.75) is 25.9 Å². The van der Waals surface area contributed by atoms with Gasteiger partial charge in [-0.25, -0.2) is 4.52 Å². The van der Waals surface area contributed by atoms with Crippen molar-refractivity contribution in [1.82, 2.24) is 9.61 Å². The summed E-state index contributed by atoms with van der Waals surface area (Å²) in [5, 5.41) is 13.4. The van der Waals surface area contributed by atoms with Gasteiger partial charge in [-0.3, -0.25) is 0 Å². The number of pyridine rings is 1. The summed E-state index contributed by atoms with van der Waals surface area (Å²) >= 11 is 0. The predicted octanol–water partition coefficient (Wildman–Crippen LogP) is 1.65. The Hall–Kier alpha value is -1.35. The summed E-state index contributed by atoms with van der Waals surface area (Å²) in [6.45, 7) is 1.81. The van der Waals surface area contributed by atoms with E-state index in [1.54, 1.807) is 0 Å². The van der Waals surface area contributed by atoms with Gasteiger partial charge < -0.3 is 5.11 Å². The van der Waals surface area contributed by atoms with Gasteiger partial charge >= 0.3 is 0 Å². The summed E-state index contributed by atoms with van der Waals surface area (Å²) in [5.74, 6) is 0. The molecular weight excluding hydrogens is 176 g/mol. The van der Waals surface area contributed by atoms with Crippen molar-refractivity contribution in [2.24, 2.45) is 0 Å². The second kappa shape index (κ2) is 3.80. The molecule has 0 radical (unpaired) electrons. The van der Waals surface area contributed by atoms with E-state index < -0.39 is 0 Å². The molecule has 2 rings (SSSR count). The zero-order valence-electron chi connectivity index (χ0n) is 8.22. The molecule has 0 amide bonds. The Morgan fingerprint density at radius 3 is 3.14 bits per heavy atom. The van der Waals surface area contributed by atoms with Gasteiger partial charge in [0.1, 0.15) is 0 Å². The second-order valence-corrected chi connectivity index (χ2v) is 3.59. The molecule has 74 valence electrons. The zero-order chi connectivity index (χ0) is 9.97. The summed E-state index contributed by atoms with van der Waals surface area (Å²) in [6, 6.07) is 6.01. The van der Waals surface area contributed by atoms with Gasteiger partial charge in [0.15, 0.2) is 0 Å². The van der Waals surface area contributed by atoms with Crippen molar-refractivity contribution in [3.63, 3.8) is 0 Å². The number of nitrogens with zero attached hydrogens (tertiary/aromatic N) is 2. The third-order valence-electron chi connectivity index (χ3n) is 2.34. The molecule has 0 aromatic carbocycles. The molecule has 0 aliphatic carbocycles. The molecule has 0 bridgehead atoms. The van der Waals surface area contributed by atoms with Crippen LogP contribution < -0.4 is 0 Å². The second-order valence-electron chi connectivity index (χ2n) is 3.59. The highest BCUT2D eigenvalue weighted by Gasteiger charge is 2.04. The maximum atomic E-state index is 9.20. The molecule has 2 heterocycles. The number of aliphatic hydroxyl groups excluding tert-OH is 1. The Labute approximate surface area is 83.0 Å². The van der Waals surface area contributed by atoms with Crippen molar-refractivity contribution in [2.75, 3.05) is 0 Å². The van der Waals surface area contributed by atoms with Gasteiger partial charge in [0.05, 0.1) is 17.8 Å². The number of aliphatic hydroxyl groups is 1. The van der Waals surface area contributed by atoms with Crippen LogP contribution in [0.2, 0.25) is 0 Å². The fourth-order valence-corrected chi connectivity index (χ4v) is 1.54. The first-order valence-corrected chi connectivity index (χ1v) is 4.86. The molecule has 2 aromatic rings. The van der Waals surface area contributed by atoms with Crippen molar-refractivity contribution in [3.8, 4) is 0 Å². The van der Waals surface area contributed by atoms with E-state index >= 15 is 0 Å². The zero-order valence-corrected chi connectivity index (χ0v) is 8.22. The van der Waals surface area contributed by atoms with Gasteiger partial charge in [0.25, 0.3) is 0 Å². The minimum absolute atomic E-state index is 0.242. The summed E-state index contributed by atoms with van der Waals surface area (Å²) in [5.41, 5.74) is 2.33. The Kier molecular flexibility index (Phi) is 2.50. The fourth-order valence-electron chi connectivity index (χ4n) is 1.54. The van der Waals surface area contributed by atoms with Crippen LogP contribution in [-0.2, 0) is 6.42 Å². The van der Waals surface area contributed by atoms with E-state index in [-0.39, 0.29) is 6.10 Å². The normalized spacial score (nSPS) is 13.3. The number of hydrogen-bond donors (Lipinski definition) is 1. The molecule has 14 heavy (non-hydrogen) atoms. The Balaban J connectivity index is 2.25. The van der Waals surface area contributed by atoms with Crippen LogP contribution >= 0.6 is 0 Å². The minimum Gasteiger partial charge on any atom is -0.393 e. The van der Waals surface area contributed by atoms with Crippen LogP contribution in [0.4, 0.5) is 0 Å². The van der Waals surface area contributed by atoms with Crippen LogP contribution in [0.5, 0.6) is 0 Å². The molecule has 1 N–H and O–H groups in total. The lowest BCUT2D eigenvalue weighted by Crippen LogP contribution is -2.01. The summed E-state index contributed by atoms with van der Waals surface area (Å²) in [6.07, 6.45) is 5.23. The molecule has 2 aromatic heterocycles. The van der Waals surface area contributed by atoms with Gasteiger partial charge in [0, 0.05) is 6.20 Å². The molecule has 3 nitrogen and oxygen atoms in total. The van der Waals surface area contributed by atoms with E-state index in [0.717, 1.165) is 18.4 Å². The molecular formula is C11H14N2O. The maximum absolute atomic E-state index is 9.20. The topological polar surface area (TPSA) is 37.5 Å². The standard InChI is InChI=1S/C11H14N2O/c1-9(14)5-6-10-8-12-13-7-3-2-4-11(10)13/h2-4,7-9,14H,5-6H2,1H3/t9-/m1/s1. The van der Waals surface area contributed by atoms with Gasteiger partial charge in [-0.15, -0.1) is 0 Å². The number of rotatable bonds is 3. The summed E-state index contributed by atoms with van der Waals surface area (Å²) in [4.78, 5) is 0. The van der Waals surface area contributed by atoms with Crippen LogP contribution in [-0.4, -0.2) is 20.8 Å². The molecule has 0 unspecified atom stereocenters. The first kappa shape index (κ1) is 9.21. The number of hydrogen-bond acceptors (Lipinski definition) is 2. The van der Waals surface area contributed by atoms with Crippen molar-refractivity contribution in [1.29, 1.82) is 0 Å². The van der Waals surface area contributed by atoms with Crippen molar-refractivity contribution < 1.29 is 5.11 Å². The lowest BCUT2D eigenvalue weighted by Gasteiger charge is -2.01. The first-order valence-electron chi connectivity index (χ1n) is 4.86. The van der Waals surface area contributed by atoms with E-state index in [1.165, 1.54) is 5.56 Å². The molecule has 3 heteroatoms. The summed E-state index contributed by atoms with van der Waals surface area (Å²) in [7, 11) is 0. The van der Waals surface area contributed by atoms with E-state index in [2.05, 4.69) is 5.10 Å². The minimum atomic E-state index is -0.242. The fraction of sp³-hybridized carbons (Fsp3) is 0.364. The average molecular weight is 190 g/mol. The van der Waals surface area contributed by atoms with Crippen LogP contribution in [0.25, 0.3) is 5.52 Å². The highest BCUT2D eigenvalue weighted by atomic mass is 16.3. The number of aryl methyl sites for hydroxylation is 1. The van der Waals surface area contributed by atoms with E-state index in [0.29, 0.717) is 0 Å². The molecule has 1 atom stereocenters. The van der Waals surface area contributed by atoms with E-state index in [9.17, 15) is 5.11 Å². The quantitative estimate of drug-likeness (QED) is 0.799. The molecule has 0 spiro atoms. The van der Waals surface area contributed by atoms with E-state index in [1.807, 2.05) is 42.0 Å². The largest absolute Gasteiger partial charge is 0.393 e. The predicted molar refractivity (Wildman–Crippen MR) is 55.2 cm³/mol. The molecule has 0 aliphatic rings. The maximum Gasteiger partial charge on any atom is 0.0693 e. The van der Waals surface area contributed by atoms with Crippen LogP contribution in [0.1, 0.15) is 18.9 Å². The molecule has 0 saturated carbocycles. The van der Waals surface area contributed by atoms with Crippen LogP contribution in [0, 0.1) is 0 Å². The monoisotopic (exact) mass is 190 g/mol. The Morgan fingerprint density at radius 1 is 1.50 bits per heavy atom. The number of fused-ring (bicyclic) bond motifs is 1. The highest BCUT2D eigenvalue weighted by Crippen LogP contribution is 2.12. The first-order chi connectivity index (χ1) is 6.77. The lowest BCUT2D eigenvalue weighted by atomic mass is 10.1. The number of aromatic nitrogens is 2. The third-order valence-corrected chi connectivity index (χ3v) is 2.34. The van der Waals surface area contributed by atoms with Crippen molar-refractivity contribution in [3.05, 3.63) is 36.2 Å². The van der Waals surface area contributed by atoms with Gasteiger partial charge in [-0.1, -0.05) is 6.07 Å². The third kappa shape index (κ3) is 1.77.